The van der Waals surface area contributed by atoms with Gasteiger partial charge in [0.25, 0.3) is 5.91 Å². The summed E-state index contributed by atoms with van der Waals surface area (Å²) in [4.78, 5) is 18.9. The highest BCUT2D eigenvalue weighted by Crippen LogP contribution is 2.40. The molecule has 1 aliphatic carbocycles. The molecule has 1 saturated carbocycles. The van der Waals surface area contributed by atoms with Crippen LogP contribution in [0.15, 0.2) is 35.1 Å². The highest BCUT2D eigenvalue weighted by atomic mass is 16.5. The van der Waals surface area contributed by atoms with Gasteiger partial charge in [0, 0.05) is 49.6 Å². The van der Waals surface area contributed by atoms with Crippen LogP contribution in [0.25, 0.3) is 0 Å². The van der Waals surface area contributed by atoms with Crippen LogP contribution in [-0.2, 0) is 0 Å². The topological polar surface area (TPSA) is 71.3 Å². The molecule has 1 N–H and O–H groups in total. The molecule has 0 radical (unpaired) electrons. The van der Waals surface area contributed by atoms with Crippen molar-refractivity contribution < 1.29 is 9.32 Å². The van der Waals surface area contributed by atoms with E-state index in [1.54, 1.807) is 6.07 Å². The fraction of sp³-hybridized carbons (Fsp3) is 0.526. The van der Waals surface area contributed by atoms with Gasteiger partial charge in [-0.2, -0.15) is 0 Å². The quantitative estimate of drug-likeness (QED) is 0.906. The van der Waals surface area contributed by atoms with Gasteiger partial charge in [-0.25, -0.2) is 0 Å². The lowest BCUT2D eigenvalue weighted by atomic mass is 10.0. The number of pyridine rings is 1. The summed E-state index contributed by atoms with van der Waals surface area (Å²) in [5.74, 6) is 1.22. The van der Waals surface area contributed by atoms with Crippen LogP contribution in [0, 0.1) is 0 Å². The Balaban J connectivity index is 1.28. The number of carbonyl (C=O) groups is 1. The first kappa shape index (κ1) is 16.3. The first-order chi connectivity index (χ1) is 12.2. The summed E-state index contributed by atoms with van der Waals surface area (Å²) in [7, 11) is 0. The number of aromatic nitrogens is 2. The molecule has 1 amide bonds. The first-order valence-corrected chi connectivity index (χ1v) is 9.12. The van der Waals surface area contributed by atoms with Gasteiger partial charge in [0.2, 0.25) is 0 Å². The van der Waals surface area contributed by atoms with E-state index < -0.39 is 0 Å². The lowest BCUT2D eigenvalue weighted by molar-refractivity contribution is 0.0887. The van der Waals surface area contributed by atoms with Gasteiger partial charge in [0.05, 0.1) is 0 Å². The number of rotatable bonds is 5. The molecule has 0 aromatic carbocycles. The van der Waals surface area contributed by atoms with E-state index in [1.165, 1.54) is 5.56 Å². The summed E-state index contributed by atoms with van der Waals surface area (Å²) < 4.78 is 5.27. The van der Waals surface area contributed by atoms with Crippen LogP contribution in [0.1, 0.15) is 66.4 Å². The van der Waals surface area contributed by atoms with E-state index in [-0.39, 0.29) is 11.9 Å². The molecule has 0 bridgehead atoms. The molecule has 6 heteroatoms. The van der Waals surface area contributed by atoms with E-state index in [1.807, 2.05) is 12.4 Å². The van der Waals surface area contributed by atoms with E-state index in [0.29, 0.717) is 17.7 Å². The van der Waals surface area contributed by atoms with Gasteiger partial charge in [-0.3, -0.25) is 14.7 Å². The molecule has 2 aromatic rings. The molecule has 25 heavy (non-hydrogen) atoms. The third-order valence-corrected chi connectivity index (χ3v) is 5.34. The summed E-state index contributed by atoms with van der Waals surface area (Å²) >= 11 is 0. The zero-order valence-corrected chi connectivity index (χ0v) is 14.5. The molecule has 2 fully saturated rings. The molecule has 2 aromatic heterocycles. The van der Waals surface area contributed by atoms with Crippen molar-refractivity contribution in [2.24, 2.45) is 0 Å². The number of nitrogens with zero attached hydrogens (tertiary/aromatic N) is 3. The number of hydrogen-bond donors (Lipinski definition) is 1. The fourth-order valence-corrected chi connectivity index (χ4v) is 3.50. The zero-order valence-electron chi connectivity index (χ0n) is 14.5. The van der Waals surface area contributed by atoms with E-state index in [0.717, 1.165) is 44.5 Å². The van der Waals surface area contributed by atoms with E-state index in [2.05, 4.69) is 39.4 Å². The van der Waals surface area contributed by atoms with Crippen LogP contribution in [0.3, 0.4) is 0 Å². The molecule has 3 heterocycles. The molecule has 0 spiro atoms. The maximum Gasteiger partial charge on any atom is 0.273 e. The van der Waals surface area contributed by atoms with Gasteiger partial charge in [0.1, 0.15) is 5.76 Å². The first-order valence-electron chi connectivity index (χ1n) is 9.12. The normalized spacial score (nSPS) is 20.4. The van der Waals surface area contributed by atoms with Gasteiger partial charge in [-0.15, -0.1) is 0 Å². The van der Waals surface area contributed by atoms with Crippen molar-refractivity contribution >= 4 is 5.91 Å². The Hall–Kier alpha value is -2.21. The van der Waals surface area contributed by atoms with Crippen LogP contribution in [0.4, 0.5) is 0 Å². The Labute approximate surface area is 147 Å². The number of hydrogen-bond acceptors (Lipinski definition) is 5. The van der Waals surface area contributed by atoms with Crippen LogP contribution in [0.5, 0.6) is 0 Å². The SMILES string of the molecule is C[C@@H](c1ccncc1)N1CCC(NC(=O)c2cc(C3CC3)on2)CC1. The molecule has 1 atom stereocenters. The van der Waals surface area contributed by atoms with Crippen molar-refractivity contribution in [3.05, 3.63) is 47.6 Å². The second kappa shape index (κ2) is 6.96. The van der Waals surface area contributed by atoms with E-state index in [4.69, 9.17) is 4.52 Å². The van der Waals surface area contributed by atoms with Crippen molar-refractivity contribution in [3.63, 3.8) is 0 Å². The predicted molar refractivity (Wildman–Crippen MR) is 93.2 cm³/mol. The summed E-state index contributed by atoms with van der Waals surface area (Å²) in [5, 5.41) is 7.03. The van der Waals surface area contributed by atoms with Crippen molar-refractivity contribution in [3.8, 4) is 0 Å². The van der Waals surface area contributed by atoms with Crippen LogP contribution in [0.2, 0.25) is 0 Å². The van der Waals surface area contributed by atoms with Crippen molar-refractivity contribution in [1.29, 1.82) is 0 Å². The van der Waals surface area contributed by atoms with Gasteiger partial charge in [-0.05, 0) is 50.3 Å². The lowest BCUT2D eigenvalue weighted by Gasteiger charge is -2.36. The monoisotopic (exact) mass is 340 g/mol. The summed E-state index contributed by atoms with van der Waals surface area (Å²) in [5.41, 5.74) is 1.70. The number of amides is 1. The smallest absolute Gasteiger partial charge is 0.273 e. The second-order valence-electron chi connectivity index (χ2n) is 7.13. The molecular formula is C19H24N4O2. The zero-order chi connectivity index (χ0) is 17.2. The minimum atomic E-state index is -0.115. The Morgan fingerprint density at radius 1 is 1.24 bits per heavy atom. The number of likely N-dealkylation sites (tertiary alicyclic amines) is 1. The molecule has 1 aliphatic heterocycles. The highest BCUT2D eigenvalue weighted by Gasteiger charge is 2.30. The highest BCUT2D eigenvalue weighted by molar-refractivity contribution is 5.92. The lowest BCUT2D eigenvalue weighted by Crippen LogP contribution is -2.45. The van der Waals surface area contributed by atoms with Crippen LogP contribution in [-0.4, -0.2) is 40.1 Å². The fourth-order valence-electron chi connectivity index (χ4n) is 3.50. The third kappa shape index (κ3) is 3.74. The average Bonchev–Trinajstić information content (AvgIpc) is 3.39. The minimum absolute atomic E-state index is 0.115. The second-order valence-corrected chi connectivity index (χ2v) is 7.13. The molecule has 4 rings (SSSR count). The molecule has 0 unspecified atom stereocenters. The van der Waals surface area contributed by atoms with Crippen molar-refractivity contribution in [2.75, 3.05) is 13.1 Å². The molecule has 132 valence electrons. The average molecular weight is 340 g/mol. The van der Waals surface area contributed by atoms with Crippen LogP contribution < -0.4 is 5.32 Å². The Bertz CT molecular complexity index is 718. The number of carbonyl (C=O) groups excluding carboxylic acids is 1. The van der Waals surface area contributed by atoms with Gasteiger partial charge >= 0.3 is 0 Å². The third-order valence-electron chi connectivity index (χ3n) is 5.34. The summed E-state index contributed by atoms with van der Waals surface area (Å²) in [6.07, 6.45) is 7.87. The maximum absolute atomic E-state index is 12.4. The summed E-state index contributed by atoms with van der Waals surface area (Å²) in [6.45, 7) is 4.17. The Morgan fingerprint density at radius 3 is 2.64 bits per heavy atom. The standard InChI is InChI=1S/C19H24N4O2/c1-13(14-4-8-20-9-5-14)23-10-6-16(7-11-23)21-19(24)17-12-18(25-22-17)15-2-3-15/h4-5,8-9,12-13,15-16H,2-3,6-7,10-11H2,1H3,(H,21,24)/t13-/m0/s1. The van der Waals surface area contributed by atoms with Gasteiger partial charge < -0.3 is 9.84 Å². The van der Waals surface area contributed by atoms with Crippen molar-refractivity contribution in [1.82, 2.24) is 20.4 Å². The maximum atomic E-state index is 12.4. The molecule has 2 aliphatic rings. The summed E-state index contributed by atoms with van der Waals surface area (Å²) in [6, 6.07) is 6.51. The molecule has 1 saturated heterocycles. The molecular weight excluding hydrogens is 316 g/mol. The van der Waals surface area contributed by atoms with E-state index in [9.17, 15) is 4.79 Å². The van der Waals surface area contributed by atoms with Gasteiger partial charge in [0.15, 0.2) is 5.69 Å². The minimum Gasteiger partial charge on any atom is -0.360 e. The largest absolute Gasteiger partial charge is 0.360 e. The Kier molecular flexibility index (Phi) is 4.53. The number of nitrogens with one attached hydrogen (secondary N) is 1. The van der Waals surface area contributed by atoms with Crippen LogP contribution >= 0.6 is 0 Å². The Morgan fingerprint density at radius 2 is 1.96 bits per heavy atom. The van der Waals surface area contributed by atoms with Crippen molar-refractivity contribution in [2.45, 2.75) is 50.6 Å². The van der Waals surface area contributed by atoms with Gasteiger partial charge in [-0.1, -0.05) is 5.16 Å². The van der Waals surface area contributed by atoms with E-state index >= 15 is 0 Å². The predicted octanol–water partition coefficient (Wildman–Crippen LogP) is 2.90. The molecule has 6 nitrogen and oxygen atoms in total. The number of piperidine rings is 1.